The summed E-state index contributed by atoms with van der Waals surface area (Å²) in [5, 5.41) is 7.17. The van der Waals surface area contributed by atoms with Crippen LogP contribution >= 0.6 is 22.7 Å². The molecule has 0 bridgehead atoms. The number of carbonyl (C=O) groups excluding carboxylic acids is 3. The largest absolute Gasteiger partial charge is 0.298 e. The van der Waals surface area contributed by atoms with E-state index in [1.165, 1.54) is 11.3 Å². The van der Waals surface area contributed by atoms with Crippen LogP contribution in [-0.4, -0.2) is 22.7 Å². The lowest BCUT2D eigenvalue weighted by atomic mass is 10.2. The highest BCUT2D eigenvalue weighted by atomic mass is 32.1. The molecular formula is C18H13N3O3S2. The summed E-state index contributed by atoms with van der Waals surface area (Å²) in [6.07, 6.45) is 0.468. The van der Waals surface area contributed by atoms with E-state index in [1.807, 2.05) is 22.9 Å². The topological polar surface area (TPSA) is 79.4 Å². The van der Waals surface area contributed by atoms with Gasteiger partial charge in [-0.2, -0.15) is 0 Å². The normalized spacial score (nSPS) is 14.1. The number of benzene rings is 1. The maximum atomic E-state index is 12.4. The van der Waals surface area contributed by atoms with Gasteiger partial charge in [0, 0.05) is 23.8 Å². The molecule has 0 radical (unpaired) electrons. The van der Waals surface area contributed by atoms with Gasteiger partial charge in [-0.3, -0.25) is 24.6 Å². The van der Waals surface area contributed by atoms with Gasteiger partial charge in [0.25, 0.3) is 5.91 Å². The third kappa shape index (κ3) is 3.16. The average molecular weight is 383 g/mol. The van der Waals surface area contributed by atoms with E-state index in [1.54, 1.807) is 35.6 Å². The number of thiazole rings is 1. The number of aromatic nitrogens is 1. The number of rotatable bonds is 4. The van der Waals surface area contributed by atoms with Crippen molar-refractivity contribution < 1.29 is 14.4 Å². The van der Waals surface area contributed by atoms with Crippen molar-refractivity contribution in [1.82, 2.24) is 4.98 Å². The highest BCUT2D eigenvalue weighted by Crippen LogP contribution is 2.28. The molecule has 0 aliphatic carbocycles. The van der Waals surface area contributed by atoms with Crippen molar-refractivity contribution in [2.24, 2.45) is 0 Å². The average Bonchev–Trinajstić information content (AvgIpc) is 3.37. The Labute approximate surface area is 157 Å². The van der Waals surface area contributed by atoms with Crippen LogP contribution in [0.15, 0.2) is 47.2 Å². The lowest BCUT2D eigenvalue weighted by Crippen LogP contribution is -2.28. The highest BCUT2D eigenvalue weighted by Gasteiger charge is 2.30. The molecule has 3 heterocycles. The van der Waals surface area contributed by atoms with Crippen LogP contribution in [0.25, 0.3) is 10.6 Å². The fourth-order valence-corrected chi connectivity index (χ4v) is 4.13. The molecule has 0 spiro atoms. The monoisotopic (exact) mass is 383 g/mol. The molecule has 26 heavy (non-hydrogen) atoms. The molecule has 6 nitrogen and oxygen atoms in total. The van der Waals surface area contributed by atoms with E-state index in [0.29, 0.717) is 16.4 Å². The Balaban J connectivity index is 1.47. The number of nitrogens with zero attached hydrogens (tertiary/aromatic N) is 2. The number of imide groups is 1. The minimum atomic E-state index is -0.289. The van der Waals surface area contributed by atoms with Gasteiger partial charge in [-0.1, -0.05) is 6.07 Å². The van der Waals surface area contributed by atoms with Crippen molar-refractivity contribution in [2.45, 2.75) is 12.8 Å². The standard InChI is InChI=1S/C18H13N3O3S2/c22-15-7-8-16(23)21(15)12-5-3-11(4-6-12)17(24)20-18-19-13(10-26-18)14-2-1-9-25-14/h1-6,9-10H,7-8H2,(H,19,20,24). The minimum Gasteiger partial charge on any atom is -0.298 e. The number of hydrogen-bond acceptors (Lipinski definition) is 6. The van der Waals surface area contributed by atoms with Crippen molar-refractivity contribution in [1.29, 1.82) is 0 Å². The molecular weight excluding hydrogens is 370 g/mol. The van der Waals surface area contributed by atoms with Gasteiger partial charge in [0.1, 0.15) is 0 Å². The van der Waals surface area contributed by atoms with E-state index in [9.17, 15) is 14.4 Å². The molecule has 1 fully saturated rings. The molecule has 3 aromatic rings. The first kappa shape index (κ1) is 16.6. The molecule has 0 saturated carbocycles. The molecule has 1 aromatic carbocycles. The lowest BCUT2D eigenvalue weighted by molar-refractivity contribution is -0.121. The fraction of sp³-hybridized carbons (Fsp3) is 0.111. The molecule has 8 heteroatoms. The van der Waals surface area contributed by atoms with Gasteiger partial charge in [-0.05, 0) is 35.7 Å². The minimum absolute atomic E-state index is 0.212. The Morgan fingerprint density at radius 1 is 1.04 bits per heavy atom. The summed E-state index contributed by atoms with van der Waals surface area (Å²) in [4.78, 5) is 42.5. The number of anilines is 2. The first-order valence-corrected chi connectivity index (χ1v) is 9.64. The number of nitrogens with one attached hydrogen (secondary N) is 1. The Morgan fingerprint density at radius 3 is 2.42 bits per heavy atom. The van der Waals surface area contributed by atoms with Crippen molar-refractivity contribution in [3.05, 3.63) is 52.7 Å². The zero-order chi connectivity index (χ0) is 18.1. The predicted molar refractivity (Wildman–Crippen MR) is 102 cm³/mol. The van der Waals surface area contributed by atoms with E-state index in [4.69, 9.17) is 0 Å². The summed E-state index contributed by atoms with van der Waals surface area (Å²) in [5.74, 6) is -0.713. The lowest BCUT2D eigenvalue weighted by Gasteiger charge is -2.13. The Morgan fingerprint density at radius 2 is 1.77 bits per heavy atom. The SMILES string of the molecule is O=C(Nc1nc(-c2cccs2)cs1)c1ccc(N2C(=O)CCC2=O)cc1. The first-order valence-electron chi connectivity index (χ1n) is 7.88. The van der Waals surface area contributed by atoms with Crippen LogP contribution in [-0.2, 0) is 9.59 Å². The van der Waals surface area contributed by atoms with Crippen LogP contribution in [0.3, 0.4) is 0 Å². The van der Waals surface area contributed by atoms with Crippen LogP contribution < -0.4 is 10.2 Å². The smallest absolute Gasteiger partial charge is 0.257 e. The second-order valence-electron chi connectivity index (χ2n) is 5.64. The molecule has 0 unspecified atom stereocenters. The molecule has 1 aliphatic rings. The summed E-state index contributed by atoms with van der Waals surface area (Å²) in [5.41, 5.74) is 1.76. The van der Waals surface area contributed by atoms with Crippen molar-refractivity contribution in [3.8, 4) is 10.6 Å². The summed E-state index contributed by atoms with van der Waals surface area (Å²) in [7, 11) is 0. The summed E-state index contributed by atoms with van der Waals surface area (Å²) in [6, 6.07) is 10.3. The third-order valence-corrected chi connectivity index (χ3v) is 5.59. The molecule has 1 aliphatic heterocycles. The van der Waals surface area contributed by atoms with E-state index in [2.05, 4.69) is 10.3 Å². The van der Waals surface area contributed by atoms with Crippen LogP contribution in [0.1, 0.15) is 23.2 Å². The number of thiophene rings is 1. The summed E-state index contributed by atoms with van der Waals surface area (Å²) >= 11 is 2.95. The van der Waals surface area contributed by atoms with Crippen LogP contribution in [0.4, 0.5) is 10.8 Å². The highest BCUT2D eigenvalue weighted by molar-refractivity contribution is 7.16. The van der Waals surface area contributed by atoms with Crippen LogP contribution in [0, 0.1) is 0 Å². The molecule has 2 aromatic heterocycles. The van der Waals surface area contributed by atoms with Crippen molar-refractivity contribution in [3.63, 3.8) is 0 Å². The number of amides is 3. The fourth-order valence-electron chi connectivity index (χ4n) is 2.66. The maximum absolute atomic E-state index is 12.4. The number of carbonyl (C=O) groups is 3. The van der Waals surface area contributed by atoms with Gasteiger partial charge in [0.05, 0.1) is 16.3 Å². The summed E-state index contributed by atoms with van der Waals surface area (Å²) in [6.45, 7) is 0. The predicted octanol–water partition coefficient (Wildman–Crippen LogP) is 3.78. The second kappa shape index (κ2) is 6.81. The van der Waals surface area contributed by atoms with E-state index in [-0.39, 0.29) is 30.6 Å². The molecule has 0 atom stereocenters. The zero-order valence-corrected chi connectivity index (χ0v) is 15.1. The third-order valence-electron chi connectivity index (χ3n) is 3.94. The number of hydrogen-bond donors (Lipinski definition) is 1. The van der Waals surface area contributed by atoms with Gasteiger partial charge in [-0.25, -0.2) is 4.98 Å². The van der Waals surface area contributed by atoms with Gasteiger partial charge in [0.15, 0.2) is 5.13 Å². The molecule has 1 saturated heterocycles. The molecule has 130 valence electrons. The second-order valence-corrected chi connectivity index (χ2v) is 7.44. The first-order chi connectivity index (χ1) is 12.6. The molecule has 4 rings (SSSR count). The van der Waals surface area contributed by atoms with E-state index >= 15 is 0 Å². The zero-order valence-electron chi connectivity index (χ0n) is 13.5. The summed E-state index contributed by atoms with van der Waals surface area (Å²) < 4.78 is 0. The van der Waals surface area contributed by atoms with Gasteiger partial charge in [-0.15, -0.1) is 22.7 Å². The molecule has 1 N–H and O–H groups in total. The maximum Gasteiger partial charge on any atom is 0.257 e. The quantitative estimate of drug-likeness (QED) is 0.696. The van der Waals surface area contributed by atoms with E-state index in [0.717, 1.165) is 15.5 Å². The van der Waals surface area contributed by atoms with Crippen molar-refractivity contribution >= 4 is 51.2 Å². The molecule has 3 amide bonds. The van der Waals surface area contributed by atoms with Crippen LogP contribution in [0.2, 0.25) is 0 Å². The Bertz CT molecular complexity index is 962. The Hall–Kier alpha value is -2.84. The van der Waals surface area contributed by atoms with Gasteiger partial charge < -0.3 is 0 Å². The van der Waals surface area contributed by atoms with Crippen molar-refractivity contribution in [2.75, 3.05) is 10.2 Å². The Kier molecular flexibility index (Phi) is 4.36. The van der Waals surface area contributed by atoms with E-state index < -0.39 is 0 Å². The van der Waals surface area contributed by atoms with Gasteiger partial charge in [0.2, 0.25) is 11.8 Å². The van der Waals surface area contributed by atoms with Crippen LogP contribution in [0.5, 0.6) is 0 Å². The van der Waals surface area contributed by atoms with Gasteiger partial charge >= 0.3 is 0 Å².